The number of alkyl halides is 3. The molecule has 2 rings (SSSR count). The van der Waals surface area contributed by atoms with Crippen LogP contribution in [0.2, 0.25) is 0 Å². The third-order valence-corrected chi connectivity index (χ3v) is 4.24. The molecule has 2 heterocycles. The van der Waals surface area contributed by atoms with Crippen molar-refractivity contribution < 1.29 is 22.7 Å². The summed E-state index contributed by atoms with van der Waals surface area (Å²) in [5.41, 5.74) is -0.881. The number of halogens is 3. The zero-order valence-electron chi connectivity index (χ0n) is 14.6. The van der Waals surface area contributed by atoms with Gasteiger partial charge in [-0.25, -0.2) is 0 Å². The molecule has 0 amide bonds. The fourth-order valence-electron chi connectivity index (χ4n) is 3.01. The minimum atomic E-state index is -4.51. The molecular formula is C15H22F3N5O2. The van der Waals surface area contributed by atoms with Crippen molar-refractivity contribution in [1.29, 1.82) is 0 Å². The van der Waals surface area contributed by atoms with Crippen molar-refractivity contribution in [2.45, 2.75) is 19.6 Å². The van der Waals surface area contributed by atoms with Crippen molar-refractivity contribution in [3.8, 4) is 0 Å². The Morgan fingerprint density at radius 3 is 2.72 bits per heavy atom. The maximum Gasteiger partial charge on any atom is 0.435 e. The van der Waals surface area contributed by atoms with Crippen LogP contribution in [0.4, 0.5) is 13.2 Å². The van der Waals surface area contributed by atoms with Crippen molar-refractivity contribution in [3.63, 3.8) is 0 Å². The molecule has 10 heteroatoms. The quantitative estimate of drug-likeness (QED) is 0.499. The molecule has 0 saturated carbocycles. The van der Waals surface area contributed by atoms with Crippen LogP contribution in [0, 0.1) is 11.8 Å². The number of hydrogen-bond donors (Lipinski definition) is 1. The molecule has 2 unspecified atom stereocenters. The van der Waals surface area contributed by atoms with Gasteiger partial charge in [0.2, 0.25) is 0 Å². The summed E-state index contributed by atoms with van der Waals surface area (Å²) in [6, 6.07) is 0. The van der Waals surface area contributed by atoms with E-state index in [1.54, 1.807) is 7.05 Å². The van der Waals surface area contributed by atoms with Crippen LogP contribution in [-0.2, 0) is 29.3 Å². The summed E-state index contributed by atoms with van der Waals surface area (Å²) >= 11 is 0. The van der Waals surface area contributed by atoms with E-state index in [9.17, 15) is 18.0 Å². The van der Waals surface area contributed by atoms with Gasteiger partial charge in [0.15, 0.2) is 11.7 Å². The molecule has 140 valence electrons. The van der Waals surface area contributed by atoms with E-state index >= 15 is 0 Å². The predicted molar refractivity (Wildman–Crippen MR) is 84.7 cm³/mol. The van der Waals surface area contributed by atoms with Crippen molar-refractivity contribution in [3.05, 3.63) is 17.5 Å². The van der Waals surface area contributed by atoms with Gasteiger partial charge >= 0.3 is 12.1 Å². The number of aromatic nitrogens is 2. The first-order valence-electron chi connectivity index (χ1n) is 7.80. The van der Waals surface area contributed by atoms with Crippen LogP contribution in [0.5, 0.6) is 0 Å². The fraction of sp³-hybridized carbons (Fsp3) is 0.667. The first-order valence-corrected chi connectivity index (χ1v) is 7.80. The molecule has 1 aliphatic heterocycles. The number of carbonyl (C=O) groups is 1. The molecule has 0 bridgehead atoms. The average Bonchev–Trinajstić information content (AvgIpc) is 3.10. The number of nitrogens with one attached hydrogen (secondary N) is 1. The highest BCUT2D eigenvalue weighted by atomic mass is 19.4. The standard InChI is InChI=1S/C15H22F3N5O2/c1-9-6-23(8-11(9)13(24)25-4)14(19-2)20-5-10-7-22(3)21-12(10)15(16,17)18/h7,9,11H,5-6,8H2,1-4H3,(H,19,20). The molecule has 1 aliphatic rings. The molecule has 1 aromatic rings. The number of rotatable bonds is 3. The lowest BCUT2D eigenvalue weighted by atomic mass is 9.99. The minimum absolute atomic E-state index is 0.0351. The molecule has 1 aromatic heterocycles. The van der Waals surface area contributed by atoms with Crippen LogP contribution in [0.1, 0.15) is 18.2 Å². The molecule has 1 N–H and O–H groups in total. The zero-order chi connectivity index (χ0) is 18.8. The minimum Gasteiger partial charge on any atom is -0.469 e. The van der Waals surface area contributed by atoms with Gasteiger partial charge in [-0.05, 0) is 5.92 Å². The van der Waals surface area contributed by atoms with Crippen LogP contribution < -0.4 is 5.32 Å². The van der Waals surface area contributed by atoms with E-state index in [2.05, 4.69) is 15.4 Å². The molecule has 25 heavy (non-hydrogen) atoms. The number of aliphatic imine (C=N–C) groups is 1. The summed E-state index contributed by atoms with van der Waals surface area (Å²) in [4.78, 5) is 17.7. The van der Waals surface area contributed by atoms with E-state index in [-0.39, 0.29) is 29.9 Å². The van der Waals surface area contributed by atoms with Gasteiger partial charge in [0.25, 0.3) is 0 Å². The zero-order valence-corrected chi connectivity index (χ0v) is 14.6. The van der Waals surface area contributed by atoms with Gasteiger partial charge in [0.05, 0.1) is 13.0 Å². The molecule has 0 aromatic carbocycles. The Hall–Kier alpha value is -2.26. The Balaban J connectivity index is 2.06. The summed E-state index contributed by atoms with van der Waals surface area (Å²) < 4.78 is 44.9. The van der Waals surface area contributed by atoms with Crippen LogP contribution in [0.3, 0.4) is 0 Å². The van der Waals surface area contributed by atoms with Crippen molar-refractivity contribution >= 4 is 11.9 Å². The van der Waals surface area contributed by atoms with Crippen molar-refractivity contribution in [2.24, 2.45) is 23.9 Å². The fourth-order valence-corrected chi connectivity index (χ4v) is 3.01. The smallest absolute Gasteiger partial charge is 0.435 e. The molecular weight excluding hydrogens is 339 g/mol. The van der Waals surface area contributed by atoms with Gasteiger partial charge in [0, 0.05) is 45.5 Å². The highest BCUT2D eigenvalue weighted by Gasteiger charge is 2.38. The molecule has 1 fully saturated rings. The first-order chi connectivity index (χ1) is 11.7. The maximum absolute atomic E-state index is 13.0. The number of likely N-dealkylation sites (tertiary alicyclic amines) is 1. The lowest BCUT2D eigenvalue weighted by Crippen LogP contribution is -2.40. The van der Waals surface area contributed by atoms with E-state index in [0.717, 1.165) is 4.68 Å². The largest absolute Gasteiger partial charge is 0.469 e. The Labute approximate surface area is 143 Å². The van der Waals surface area contributed by atoms with Crippen LogP contribution in [0.25, 0.3) is 0 Å². The Morgan fingerprint density at radius 1 is 1.48 bits per heavy atom. The Kier molecular flexibility index (Phi) is 5.58. The number of methoxy groups -OCH3 is 1. The highest BCUT2D eigenvalue weighted by molar-refractivity contribution is 5.82. The lowest BCUT2D eigenvalue weighted by Gasteiger charge is -2.21. The predicted octanol–water partition coefficient (Wildman–Crippen LogP) is 1.26. The number of guanidine groups is 1. The van der Waals surface area contributed by atoms with Gasteiger partial charge in [0.1, 0.15) is 0 Å². The van der Waals surface area contributed by atoms with Gasteiger partial charge < -0.3 is 15.0 Å². The molecule has 2 atom stereocenters. The van der Waals surface area contributed by atoms with Gasteiger partial charge in [-0.3, -0.25) is 14.5 Å². The molecule has 7 nitrogen and oxygen atoms in total. The average molecular weight is 361 g/mol. The second-order valence-electron chi connectivity index (χ2n) is 6.09. The van der Waals surface area contributed by atoms with Crippen LogP contribution in [0.15, 0.2) is 11.2 Å². The summed E-state index contributed by atoms with van der Waals surface area (Å²) in [5.74, 6) is -0.0740. The van der Waals surface area contributed by atoms with E-state index in [1.807, 2.05) is 11.8 Å². The molecule has 0 radical (unpaired) electrons. The van der Waals surface area contributed by atoms with Crippen molar-refractivity contribution in [1.82, 2.24) is 20.0 Å². The number of esters is 1. The van der Waals surface area contributed by atoms with E-state index in [1.165, 1.54) is 20.4 Å². The lowest BCUT2D eigenvalue weighted by molar-refractivity contribution is -0.146. The number of nitrogens with zero attached hydrogens (tertiary/aromatic N) is 4. The normalized spacial score (nSPS) is 21.6. The van der Waals surface area contributed by atoms with Gasteiger partial charge in [-0.2, -0.15) is 18.3 Å². The van der Waals surface area contributed by atoms with E-state index in [0.29, 0.717) is 19.0 Å². The summed E-state index contributed by atoms with van der Waals surface area (Å²) in [6.07, 6.45) is -3.19. The summed E-state index contributed by atoms with van der Waals surface area (Å²) in [5, 5.41) is 6.40. The second-order valence-corrected chi connectivity index (χ2v) is 6.09. The summed E-state index contributed by atoms with van der Waals surface area (Å²) in [6.45, 7) is 2.84. The van der Waals surface area contributed by atoms with Crippen LogP contribution >= 0.6 is 0 Å². The number of aryl methyl sites for hydroxylation is 1. The highest BCUT2D eigenvalue weighted by Crippen LogP contribution is 2.30. The maximum atomic E-state index is 13.0. The van der Waals surface area contributed by atoms with Gasteiger partial charge in [-0.15, -0.1) is 0 Å². The Bertz CT molecular complexity index is 656. The van der Waals surface area contributed by atoms with Gasteiger partial charge in [-0.1, -0.05) is 6.92 Å². The number of hydrogen-bond acceptors (Lipinski definition) is 4. The molecule has 0 spiro atoms. The third-order valence-electron chi connectivity index (χ3n) is 4.24. The van der Waals surface area contributed by atoms with E-state index in [4.69, 9.17) is 4.74 Å². The van der Waals surface area contributed by atoms with Crippen molar-refractivity contribution in [2.75, 3.05) is 27.2 Å². The van der Waals surface area contributed by atoms with E-state index < -0.39 is 11.9 Å². The Morgan fingerprint density at radius 2 is 2.16 bits per heavy atom. The number of ether oxygens (including phenoxy) is 1. The van der Waals surface area contributed by atoms with Crippen LogP contribution in [-0.4, -0.2) is 53.9 Å². The molecule has 0 aliphatic carbocycles. The molecule has 1 saturated heterocycles. The monoisotopic (exact) mass is 361 g/mol. The first kappa shape index (κ1) is 19.1. The SMILES string of the molecule is CN=C(NCc1cn(C)nc1C(F)(F)F)N1CC(C)C(C(=O)OC)C1. The summed E-state index contributed by atoms with van der Waals surface area (Å²) in [7, 11) is 4.33. The topological polar surface area (TPSA) is 71.8 Å². The third kappa shape index (κ3) is 4.23. The second kappa shape index (κ2) is 7.32. The number of carbonyl (C=O) groups excluding carboxylic acids is 1.